The number of thiophene rings is 1. The molecule has 1 aliphatic rings. The maximum absolute atomic E-state index is 13.1. The summed E-state index contributed by atoms with van der Waals surface area (Å²) in [6.07, 6.45) is 0.474. The standard InChI is InChI=1S/C16H16FNO3S2/c1-18(13-7-9-23(20,21)10-13)16(19)15-14(6-8-22-15)11-2-4-12(17)5-3-11/h2-6,8,13H,7,9-10H2,1H3. The molecule has 1 amide bonds. The van der Waals surface area contributed by atoms with Gasteiger partial charge in [-0.2, -0.15) is 0 Å². The van der Waals surface area contributed by atoms with Crippen LogP contribution in [0.3, 0.4) is 0 Å². The monoisotopic (exact) mass is 353 g/mol. The van der Waals surface area contributed by atoms with Crippen LogP contribution in [0.15, 0.2) is 35.7 Å². The zero-order chi connectivity index (χ0) is 16.6. The van der Waals surface area contributed by atoms with Crippen molar-refractivity contribution in [3.8, 4) is 11.1 Å². The van der Waals surface area contributed by atoms with E-state index in [4.69, 9.17) is 0 Å². The minimum absolute atomic E-state index is 0.0203. The minimum atomic E-state index is -3.04. The molecule has 1 aliphatic heterocycles. The molecule has 0 spiro atoms. The average Bonchev–Trinajstić information content (AvgIpc) is 3.13. The molecule has 4 nitrogen and oxygen atoms in total. The number of amides is 1. The molecule has 0 bridgehead atoms. The van der Waals surface area contributed by atoms with Crippen molar-refractivity contribution in [1.82, 2.24) is 4.90 Å². The molecule has 3 rings (SSSR count). The lowest BCUT2D eigenvalue weighted by molar-refractivity contribution is 0.0753. The zero-order valence-electron chi connectivity index (χ0n) is 12.5. The molecule has 1 aromatic carbocycles. The summed E-state index contributed by atoms with van der Waals surface area (Å²) in [6, 6.07) is 7.52. The molecule has 122 valence electrons. The Kier molecular flexibility index (Phi) is 4.25. The maximum Gasteiger partial charge on any atom is 0.264 e. The molecule has 7 heteroatoms. The molecule has 1 fully saturated rings. The van der Waals surface area contributed by atoms with Gasteiger partial charge in [-0.05, 0) is 35.6 Å². The van der Waals surface area contributed by atoms with Gasteiger partial charge in [0.25, 0.3) is 5.91 Å². The number of rotatable bonds is 3. The quantitative estimate of drug-likeness (QED) is 0.853. The summed E-state index contributed by atoms with van der Waals surface area (Å²) in [5.74, 6) is -0.372. The first-order valence-electron chi connectivity index (χ1n) is 7.18. The number of hydrogen-bond donors (Lipinski definition) is 0. The van der Waals surface area contributed by atoms with Gasteiger partial charge in [-0.25, -0.2) is 12.8 Å². The summed E-state index contributed by atoms with van der Waals surface area (Å²) in [6.45, 7) is 0. The van der Waals surface area contributed by atoms with Gasteiger partial charge in [0, 0.05) is 18.7 Å². The van der Waals surface area contributed by atoms with Gasteiger partial charge in [0.05, 0.1) is 16.4 Å². The lowest BCUT2D eigenvalue weighted by atomic mass is 10.1. The summed E-state index contributed by atoms with van der Waals surface area (Å²) in [5.41, 5.74) is 1.51. The first-order valence-corrected chi connectivity index (χ1v) is 9.88. The van der Waals surface area contributed by atoms with Crippen LogP contribution in [-0.4, -0.2) is 43.8 Å². The van der Waals surface area contributed by atoms with Crippen molar-refractivity contribution < 1.29 is 17.6 Å². The third kappa shape index (κ3) is 3.30. The Morgan fingerprint density at radius 2 is 1.96 bits per heavy atom. The van der Waals surface area contributed by atoms with E-state index in [0.29, 0.717) is 11.3 Å². The second kappa shape index (κ2) is 6.05. The molecular formula is C16H16FNO3S2. The van der Waals surface area contributed by atoms with Crippen molar-refractivity contribution in [2.45, 2.75) is 12.5 Å². The smallest absolute Gasteiger partial charge is 0.264 e. The molecule has 0 radical (unpaired) electrons. The maximum atomic E-state index is 13.1. The molecular weight excluding hydrogens is 337 g/mol. The number of benzene rings is 1. The summed E-state index contributed by atoms with van der Waals surface area (Å²) in [5, 5.41) is 1.81. The van der Waals surface area contributed by atoms with E-state index in [9.17, 15) is 17.6 Å². The van der Waals surface area contributed by atoms with Gasteiger partial charge in [0.15, 0.2) is 9.84 Å². The minimum Gasteiger partial charge on any atom is -0.337 e. The second-order valence-corrected chi connectivity index (χ2v) is 8.79. The van der Waals surface area contributed by atoms with Crippen molar-refractivity contribution in [1.29, 1.82) is 0 Å². The van der Waals surface area contributed by atoms with E-state index >= 15 is 0 Å². The number of carbonyl (C=O) groups excluding carboxylic acids is 1. The van der Waals surface area contributed by atoms with Gasteiger partial charge >= 0.3 is 0 Å². The van der Waals surface area contributed by atoms with Crippen molar-refractivity contribution in [2.75, 3.05) is 18.6 Å². The molecule has 23 heavy (non-hydrogen) atoms. The van der Waals surface area contributed by atoms with Crippen molar-refractivity contribution in [3.05, 3.63) is 46.4 Å². The van der Waals surface area contributed by atoms with E-state index < -0.39 is 9.84 Å². The Bertz CT molecular complexity index is 827. The summed E-state index contributed by atoms with van der Waals surface area (Å²) < 4.78 is 36.3. The number of nitrogens with zero attached hydrogens (tertiary/aromatic N) is 1. The van der Waals surface area contributed by atoms with Gasteiger partial charge in [-0.3, -0.25) is 4.79 Å². The van der Waals surface area contributed by atoms with E-state index in [2.05, 4.69) is 0 Å². The lowest BCUT2D eigenvalue weighted by Crippen LogP contribution is -2.37. The van der Waals surface area contributed by atoms with Gasteiger partial charge in [-0.15, -0.1) is 11.3 Å². The highest BCUT2D eigenvalue weighted by Gasteiger charge is 2.33. The van der Waals surface area contributed by atoms with Crippen LogP contribution >= 0.6 is 11.3 Å². The number of carbonyl (C=O) groups is 1. The molecule has 1 atom stereocenters. The van der Waals surface area contributed by atoms with E-state index in [1.165, 1.54) is 28.4 Å². The van der Waals surface area contributed by atoms with Gasteiger partial charge in [0.1, 0.15) is 5.82 Å². The predicted octanol–water partition coefficient (Wildman–Crippen LogP) is 2.81. The molecule has 1 saturated heterocycles. The van der Waals surface area contributed by atoms with Crippen LogP contribution in [-0.2, 0) is 9.84 Å². The summed E-state index contributed by atoms with van der Waals surface area (Å²) >= 11 is 1.31. The first-order chi connectivity index (χ1) is 10.9. The lowest BCUT2D eigenvalue weighted by Gasteiger charge is -2.23. The fraction of sp³-hybridized carbons (Fsp3) is 0.312. The normalized spacial score (nSPS) is 19.7. The fourth-order valence-electron chi connectivity index (χ4n) is 2.74. The third-order valence-corrected chi connectivity index (χ3v) is 6.74. The van der Waals surface area contributed by atoms with Crippen molar-refractivity contribution in [2.24, 2.45) is 0 Å². The summed E-state index contributed by atoms with van der Waals surface area (Å²) in [4.78, 5) is 14.8. The molecule has 1 aromatic heterocycles. The Morgan fingerprint density at radius 1 is 1.26 bits per heavy atom. The Hall–Kier alpha value is -1.73. The second-order valence-electron chi connectivity index (χ2n) is 5.64. The highest BCUT2D eigenvalue weighted by atomic mass is 32.2. The van der Waals surface area contributed by atoms with Gasteiger partial charge in [-0.1, -0.05) is 12.1 Å². The van der Waals surface area contributed by atoms with Crippen LogP contribution < -0.4 is 0 Å². The van der Waals surface area contributed by atoms with Crippen molar-refractivity contribution in [3.63, 3.8) is 0 Å². The van der Waals surface area contributed by atoms with Crippen LogP contribution in [0.25, 0.3) is 11.1 Å². The Morgan fingerprint density at radius 3 is 2.57 bits per heavy atom. The van der Waals surface area contributed by atoms with E-state index in [1.54, 1.807) is 19.2 Å². The largest absolute Gasteiger partial charge is 0.337 e. The highest BCUT2D eigenvalue weighted by molar-refractivity contribution is 7.91. The first kappa shape index (κ1) is 16.1. The molecule has 0 saturated carbocycles. The summed E-state index contributed by atoms with van der Waals surface area (Å²) in [7, 11) is -1.40. The Labute approximate surface area is 138 Å². The Balaban J connectivity index is 1.86. The van der Waals surface area contributed by atoms with Gasteiger partial charge in [0.2, 0.25) is 0 Å². The van der Waals surface area contributed by atoms with E-state index in [0.717, 1.165) is 11.1 Å². The highest BCUT2D eigenvalue weighted by Crippen LogP contribution is 2.30. The fourth-order valence-corrected chi connectivity index (χ4v) is 5.41. The zero-order valence-corrected chi connectivity index (χ0v) is 14.2. The molecule has 0 aliphatic carbocycles. The van der Waals surface area contributed by atoms with Gasteiger partial charge < -0.3 is 4.90 Å². The van der Waals surface area contributed by atoms with Crippen LogP contribution in [0.2, 0.25) is 0 Å². The third-order valence-electron chi connectivity index (χ3n) is 4.09. The topological polar surface area (TPSA) is 54.5 Å². The van der Waals surface area contributed by atoms with Crippen LogP contribution in [0.4, 0.5) is 4.39 Å². The average molecular weight is 353 g/mol. The van der Waals surface area contributed by atoms with Crippen LogP contribution in [0.1, 0.15) is 16.1 Å². The number of hydrogen-bond acceptors (Lipinski definition) is 4. The van der Waals surface area contributed by atoms with E-state index in [1.807, 2.05) is 11.4 Å². The molecule has 1 unspecified atom stereocenters. The predicted molar refractivity (Wildman–Crippen MR) is 88.9 cm³/mol. The number of halogens is 1. The number of sulfone groups is 1. The molecule has 2 heterocycles. The van der Waals surface area contributed by atoms with Crippen molar-refractivity contribution >= 4 is 27.1 Å². The van der Waals surface area contributed by atoms with Crippen LogP contribution in [0.5, 0.6) is 0 Å². The molecule has 0 N–H and O–H groups in total. The van der Waals surface area contributed by atoms with E-state index in [-0.39, 0.29) is 29.3 Å². The van der Waals surface area contributed by atoms with Crippen LogP contribution in [0, 0.1) is 5.82 Å². The SMILES string of the molecule is CN(C(=O)c1sccc1-c1ccc(F)cc1)C1CCS(=O)(=O)C1. The molecule has 2 aromatic rings.